The van der Waals surface area contributed by atoms with Gasteiger partial charge < -0.3 is 9.47 Å². The maximum Gasteiger partial charge on any atom is 0.309 e. The normalized spacial score (nSPS) is 21.8. The summed E-state index contributed by atoms with van der Waals surface area (Å²) in [4.78, 5) is 11.4. The highest BCUT2D eigenvalue weighted by molar-refractivity contribution is 7.92. The van der Waals surface area contributed by atoms with Crippen LogP contribution >= 0.6 is 0 Å². The minimum atomic E-state index is -3.30. The van der Waals surface area contributed by atoms with E-state index >= 15 is 0 Å². The molecule has 100 valence electrons. The van der Waals surface area contributed by atoms with E-state index in [1.165, 1.54) is 7.11 Å². The second-order valence-electron chi connectivity index (χ2n) is 4.42. The molecule has 0 saturated carbocycles. The number of rotatable bonds is 4. The molecule has 0 aromatic heterocycles. The Bertz CT molecular complexity index is 356. The summed E-state index contributed by atoms with van der Waals surface area (Å²) in [7, 11) is -2.03. The zero-order valence-electron chi connectivity index (χ0n) is 10.5. The van der Waals surface area contributed by atoms with Crippen LogP contribution in [-0.4, -0.2) is 45.2 Å². The van der Waals surface area contributed by atoms with E-state index in [4.69, 9.17) is 4.74 Å². The zero-order valence-corrected chi connectivity index (χ0v) is 11.3. The summed E-state index contributed by atoms with van der Waals surface area (Å²) in [5, 5.41) is -1.10. The van der Waals surface area contributed by atoms with Gasteiger partial charge in [0.25, 0.3) is 0 Å². The molecule has 1 saturated heterocycles. The van der Waals surface area contributed by atoms with Crippen molar-refractivity contribution in [2.75, 3.05) is 20.3 Å². The number of esters is 1. The number of ether oxygens (including phenoxy) is 2. The second-order valence-corrected chi connectivity index (χ2v) is 7.01. The van der Waals surface area contributed by atoms with Crippen molar-refractivity contribution in [3.05, 3.63) is 0 Å². The molecule has 0 aliphatic carbocycles. The molecule has 2 unspecified atom stereocenters. The quantitative estimate of drug-likeness (QED) is 0.702. The Morgan fingerprint density at radius 3 is 2.29 bits per heavy atom. The lowest BCUT2D eigenvalue weighted by Gasteiger charge is -2.27. The molecule has 1 aliphatic rings. The molecule has 1 fully saturated rings. The zero-order chi connectivity index (χ0) is 13.1. The van der Waals surface area contributed by atoms with Crippen molar-refractivity contribution in [3.8, 4) is 0 Å². The van der Waals surface area contributed by atoms with E-state index < -0.39 is 32.2 Å². The summed E-state index contributed by atoms with van der Waals surface area (Å²) in [6.45, 7) is 4.12. The fraction of sp³-hybridized carbons (Fsp3) is 0.909. The smallest absolute Gasteiger partial charge is 0.309 e. The first-order valence-corrected chi connectivity index (χ1v) is 7.40. The molecular weight excluding hydrogens is 244 g/mol. The number of hydrogen-bond donors (Lipinski definition) is 0. The van der Waals surface area contributed by atoms with Gasteiger partial charge in [0.15, 0.2) is 9.84 Å². The van der Waals surface area contributed by atoms with Crippen LogP contribution in [0.25, 0.3) is 0 Å². The fourth-order valence-electron chi connectivity index (χ4n) is 1.97. The Hall–Kier alpha value is -0.620. The monoisotopic (exact) mass is 264 g/mol. The molecule has 0 spiro atoms. The largest absolute Gasteiger partial charge is 0.469 e. The fourth-order valence-corrected chi connectivity index (χ4v) is 4.11. The first kappa shape index (κ1) is 14.4. The van der Waals surface area contributed by atoms with Gasteiger partial charge in [-0.2, -0.15) is 0 Å². The standard InChI is InChI=1S/C11H20O5S/c1-8(11(12)15-3)9(2)17(13,14)10-4-6-16-7-5-10/h8-10H,4-7H2,1-3H3. The van der Waals surface area contributed by atoms with E-state index in [0.29, 0.717) is 26.1 Å². The van der Waals surface area contributed by atoms with Crippen LogP contribution in [0, 0.1) is 5.92 Å². The van der Waals surface area contributed by atoms with Crippen LogP contribution in [0.4, 0.5) is 0 Å². The first-order chi connectivity index (χ1) is 7.91. The van der Waals surface area contributed by atoms with Gasteiger partial charge in [-0.05, 0) is 19.8 Å². The summed E-state index contributed by atoms with van der Waals surface area (Å²) >= 11 is 0. The van der Waals surface area contributed by atoms with E-state index in [1.54, 1.807) is 13.8 Å². The van der Waals surface area contributed by atoms with Crippen molar-refractivity contribution in [1.82, 2.24) is 0 Å². The molecule has 6 heteroatoms. The molecule has 0 aromatic carbocycles. The number of carbonyl (C=O) groups is 1. The Morgan fingerprint density at radius 2 is 1.82 bits per heavy atom. The van der Waals surface area contributed by atoms with Crippen molar-refractivity contribution < 1.29 is 22.7 Å². The number of carbonyl (C=O) groups excluding carboxylic acids is 1. The summed E-state index contributed by atoms with van der Waals surface area (Å²) in [6.07, 6.45) is 1.03. The molecule has 0 amide bonds. The first-order valence-electron chi connectivity index (χ1n) is 5.79. The van der Waals surface area contributed by atoms with Crippen LogP contribution in [0.5, 0.6) is 0 Å². The van der Waals surface area contributed by atoms with Crippen molar-refractivity contribution in [3.63, 3.8) is 0 Å². The van der Waals surface area contributed by atoms with Crippen LogP contribution in [0.1, 0.15) is 26.7 Å². The van der Waals surface area contributed by atoms with Gasteiger partial charge >= 0.3 is 5.97 Å². The third-order valence-corrected chi connectivity index (χ3v) is 6.27. The third-order valence-electron chi connectivity index (χ3n) is 3.43. The minimum Gasteiger partial charge on any atom is -0.469 e. The average molecular weight is 264 g/mol. The van der Waals surface area contributed by atoms with E-state index in [-0.39, 0.29) is 0 Å². The highest BCUT2D eigenvalue weighted by Crippen LogP contribution is 2.24. The van der Waals surface area contributed by atoms with E-state index in [2.05, 4.69) is 4.74 Å². The molecule has 2 atom stereocenters. The topological polar surface area (TPSA) is 69.7 Å². The maximum atomic E-state index is 12.3. The summed E-state index contributed by atoms with van der Waals surface area (Å²) in [5.74, 6) is -1.11. The Balaban J connectivity index is 2.78. The molecule has 5 nitrogen and oxygen atoms in total. The summed E-state index contributed by atoms with van der Waals surface area (Å²) in [6, 6.07) is 0. The molecule has 1 rings (SSSR count). The predicted molar refractivity (Wildman–Crippen MR) is 63.4 cm³/mol. The molecule has 0 aromatic rings. The van der Waals surface area contributed by atoms with Crippen molar-refractivity contribution in [2.24, 2.45) is 5.92 Å². The maximum absolute atomic E-state index is 12.3. The summed E-state index contributed by atoms with van der Waals surface area (Å²) < 4.78 is 34.3. The molecule has 17 heavy (non-hydrogen) atoms. The van der Waals surface area contributed by atoms with E-state index in [0.717, 1.165) is 0 Å². The molecule has 1 aliphatic heterocycles. The minimum absolute atomic E-state index is 0.390. The van der Waals surface area contributed by atoms with Gasteiger partial charge in [-0.15, -0.1) is 0 Å². The van der Waals surface area contributed by atoms with Crippen molar-refractivity contribution in [1.29, 1.82) is 0 Å². The highest BCUT2D eigenvalue weighted by Gasteiger charge is 2.38. The predicted octanol–water partition coefficient (Wildman–Crippen LogP) is 0.778. The Morgan fingerprint density at radius 1 is 1.29 bits per heavy atom. The third kappa shape index (κ3) is 3.19. The summed E-state index contributed by atoms with van der Waals surface area (Å²) in [5.41, 5.74) is 0. The number of methoxy groups -OCH3 is 1. The van der Waals surface area contributed by atoms with Crippen LogP contribution in [0.2, 0.25) is 0 Å². The van der Waals surface area contributed by atoms with Gasteiger partial charge in [-0.1, -0.05) is 6.92 Å². The lowest BCUT2D eigenvalue weighted by atomic mass is 10.1. The second kappa shape index (κ2) is 5.82. The van der Waals surface area contributed by atoms with Crippen LogP contribution in [0.3, 0.4) is 0 Å². The van der Waals surface area contributed by atoms with Crippen LogP contribution in [0.15, 0.2) is 0 Å². The molecule has 0 radical (unpaired) electrons. The molecule has 0 bridgehead atoms. The highest BCUT2D eigenvalue weighted by atomic mass is 32.2. The van der Waals surface area contributed by atoms with Crippen molar-refractivity contribution in [2.45, 2.75) is 37.2 Å². The lowest BCUT2D eigenvalue weighted by molar-refractivity contribution is -0.144. The molecule has 0 N–H and O–H groups in total. The number of sulfone groups is 1. The Labute approximate surface area is 102 Å². The molecular formula is C11H20O5S. The van der Waals surface area contributed by atoms with Gasteiger partial charge in [-0.3, -0.25) is 4.79 Å². The van der Waals surface area contributed by atoms with E-state index in [1.807, 2.05) is 0 Å². The average Bonchev–Trinajstić information content (AvgIpc) is 2.37. The van der Waals surface area contributed by atoms with Gasteiger partial charge in [0, 0.05) is 13.2 Å². The van der Waals surface area contributed by atoms with Crippen LogP contribution < -0.4 is 0 Å². The SMILES string of the molecule is COC(=O)C(C)C(C)S(=O)(=O)C1CCOCC1. The van der Waals surface area contributed by atoms with Crippen LogP contribution in [-0.2, 0) is 24.1 Å². The van der Waals surface area contributed by atoms with Gasteiger partial charge in [0.2, 0.25) is 0 Å². The Kier molecular flexibility index (Phi) is 4.94. The van der Waals surface area contributed by atoms with E-state index in [9.17, 15) is 13.2 Å². The van der Waals surface area contributed by atoms with Gasteiger partial charge in [0.05, 0.1) is 23.5 Å². The van der Waals surface area contributed by atoms with Gasteiger partial charge in [-0.25, -0.2) is 8.42 Å². The van der Waals surface area contributed by atoms with Crippen molar-refractivity contribution >= 4 is 15.8 Å². The lowest BCUT2D eigenvalue weighted by Crippen LogP contribution is -2.40. The van der Waals surface area contributed by atoms with Gasteiger partial charge in [0.1, 0.15) is 0 Å². The molecule has 1 heterocycles. The number of hydrogen-bond acceptors (Lipinski definition) is 5.